The van der Waals surface area contributed by atoms with Crippen LogP contribution in [0.3, 0.4) is 0 Å². The van der Waals surface area contributed by atoms with Crippen LogP contribution in [0.15, 0.2) is 43.2 Å². The second kappa shape index (κ2) is 16.4. The molecule has 3 atom stereocenters. The largest absolute Gasteiger partial charge is 0.465 e. The van der Waals surface area contributed by atoms with Crippen molar-refractivity contribution in [3.05, 3.63) is 71.3 Å². The van der Waals surface area contributed by atoms with Gasteiger partial charge in [0, 0.05) is 43.4 Å². The number of unbranched alkanes of at least 4 members (excludes halogenated alkanes) is 2. The molecule has 3 aromatic rings. The molecule has 10 nitrogen and oxygen atoms in total. The standard InChI is InChI=1S/C35H50N4O6/c1-9-11-12-16-32(40)43-21-27(17-28-18-36-22-38(28)8)29(10-2)33(41)44-20-26-14-13-15-30(24(26)3)25(4)31-19-39(23-37-31)34(42)45-35(5,6)7/h13-15,18-19,22-23,25,27,29H,9-12,16-17,20-21H2,1-8H3/t25-,27-,29-/m0/s1. The molecule has 0 saturated carbocycles. The number of rotatable bonds is 15. The zero-order valence-electron chi connectivity index (χ0n) is 28.2. The molecule has 2 aromatic heterocycles. The van der Waals surface area contributed by atoms with Crippen LogP contribution in [0.2, 0.25) is 0 Å². The minimum absolute atomic E-state index is 0.108. The van der Waals surface area contributed by atoms with E-state index in [-0.39, 0.29) is 37.0 Å². The van der Waals surface area contributed by atoms with E-state index in [1.807, 2.05) is 71.4 Å². The highest BCUT2D eigenvalue weighted by Crippen LogP contribution is 2.29. The zero-order chi connectivity index (χ0) is 33.1. The van der Waals surface area contributed by atoms with Crippen LogP contribution in [0.4, 0.5) is 4.79 Å². The molecule has 0 saturated heterocycles. The molecular weight excluding hydrogens is 572 g/mol. The highest BCUT2D eigenvalue weighted by atomic mass is 16.6. The highest BCUT2D eigenvalue weighted by molar-refractivity contribution is 5.73. The molecule has 0 amide bonds. The summed E-state index contributed by atoms with van der Waals surface area (Å²) >= 11 is 0. The molecule has 0 fully saturated rings. The van der Waals surface area contributed by atoms with Gasteiger partial charge in [0.05, 0.1) is 24.5 Å². The number of benzene rings is 1. The Morgan fingerprint density at radius 2 is 1.80 bits per heavy atom. The lowest BCUT2D eigenvalue weighted by Crippen LogP contribution is -2.31. The molecule has 0 aliphatic rings. The van der Waals surface area contributed by atoms with Crippen molar-refractivity contribution < 1.29 is 28.6 Å². The first-order valence-electron chi connectivity index (χ1n) is 16.0. The van der Waals surface area contributed by atoms with Gasteiger partial charge < -0.3 is 18.8 Å². The van der Waals surface area contributed by atoms with Crippen molar-refractivity contribution in [2.24, 2.45) is 18.9 Å². The average Bonchev–Trinajstić information content (AvgIpc) is 3.64. The zero-order valence-corrected chi connectivity index (χ0v) is 28.2. The van der Waals surface area contributed by atoms with E-state index in [0.29, 0.717) is 19.3 Å². The number of imidazole rings is 2. The number of carbonyl (C=O) groups is 3. The van der Waals surface area contributed by atoms with Crippen LogP contribution in [-0.2, 0) is 43.9 Å². The van der Waals surface area contributed by atoms with E-state index in [1.165, 1.54) is 10.9 Å². The van der Waals surface area contributed by atoms with Gasteiger partial charge in [-0.1, -0.05) is 51.8 Å². The van der Waals surface area contributed by atoms with Gasteiger partial charge in [0.25, 0.3) is 0 Å². The fourth-order valence-corrected chi connectivity index (χ4v) is 5.37. The normalized spacial score (nSPS) is 13.6. The first kappa shape index (κ1) is 35.5. The molecule has 0 aliphatic heterocycles. The van der Waals surface area contributed by atoms with E-state index in [9.17, 15) is 14.4 Å². The molecule has 1 aromatic carbocycles. The van der Waals surface area contributed by atoms with E-state index in [0.717, 1.165) is 47.3 Å². The lowest BCUT2D eigenvalue weighted by atomic mass is 9.87. The van der Waals surface area contributed by atoms with Crippen LogP contribution in [-0.4, -0.2) is 49.3 Å². The second-order valence-corrected chi connectivity index (χ2v) is 12.8. The SMILES string of the molecule is CCCCCC(=O)OC[C@H](Cc1cncn1C)[C@H](CC)C(=O)OCc1cccc([C@H](C)c2cn(C(=O)OC(C)(C)C)cn2)c1C. The average molecular weight is 623 g/mol. The first-order valence-corrected chi connectivity index (χ1v) is 16.0. The van der Waals surface area contributed by atoms with E-state index in [2.05, 4.69) is 16.9 Å². The molecule has 10 heteroatoms. The Labute approximate surface area is 267 Å². The van der Waals surface area contributed by atoms with Crippen LogP contribution in [0.25, 0.3) is 0 Å². The Bertz CT molecular complexity index is 1420. The summed E-state index contributed by atoms with van der Waals surface area (Å²) in [5.74, 6) is -1.37. The summed E-state index contributed by atoms with van der Waals surface area (Å²) in [6, 6.07) is 5.91. The van der Waals surface area contributed by atoms with Gasteiger partial charge in [-0.3, -0.25) is 9.59 Å². The monoisotopic (exact) mass is 622 g/mol. The number of esters is 2. The molecule has 0 spiro atoms. The highest BCUT2D eigenvalue weighted by Gasteiger charge is 2.31. The summed E-state index contributed by atoms with van der Waals surface area (Å²) in [5, 5.41) is 0. The number of aryl methyl sites for hydroxylation is 1. The van der Waals surface area contributed by atoms with Gasteiger partial charge >= 0.3 is 18.0 Å². The van der Waals surface area contributed by atoms with Crippen molar-refractivity contribution in [1.29, 1.82) is 0 Å². The van der Waals surface area contributed by atoms with Crippen molar-refractivity contribution in [1.82, 2.24) is 19.1 Å². The number of aromatic nitrogens is 4. The van der Waals surface area contributed by atoms with Gasteiger partial charge in [-0.2, -0.15) is 0 Å². The third-order valence-corrected chi connectivity index (χ3v) is 8.12. The van der Waals surface area contributed by atoms with Gasteiger partial charge in [0.15, 0.2) is 0 Å². The summed E-state index contributed by atoms with van der Waals surface area (Å²) in [4.78, 5) is 47.1. The molecule has 0 aliphatic carbocycles. The van der Waals surface area contributed by atoms with Crippen molar-refractivity contribution >= 4 is 18.0 Å². The topological polar surface area (TPSA) is 115 Å². The molecule has 2 heterocycles. The first-order chi connectivity index (χ1) is 21.3. The number of hydrogen-bond acceptors (Lipinski definition) is 8. The van der Waals surface area contributed by atoms with Gasteiger partial charge in [-0.15, -0.1) is 0 Å². The smallest absolute Gasteiger partial charge is 0.419 e. The number of ether oxygens (including phenoxy) is 3. The van der Waals surface area contributed by atoms with E-state index in [1.54, 1.807) is 18.7 Å². The maximum atomic E-state index is 13.5. The molecule has 246 valence electrons. The van der Waals surface area contributed by atoms with Gasteiger partial charge in [0.2, 0.25) is 0 Å². The summed E-state index contributed by atoms with van der Waals surface area (Å²) in [5.41, 5.74) is 3.98. The third kappa shape index (κ3) is 10.3. The Hall–Kier alpha value is -3.95. The Kier molecular flexibility index (Phi) is 12.9. The van der Waals surface area contributed by atoms with E-state index >= 15 is 0 Å². The van der Waals surface area contributed by atoms with Crippen LogP contribution in [0.1, 0.15) is 108 Å². The maximum Gasteiger partial charge on any atom is 0.419 e. The van der Waals surface area contributed by atoms with Gasteiger partial charge in [-0.25, -0.2) is 19.3 Å². The Morgan fingerprint density at radius 1 is 1.04 bits per heavy atom. The fraction of sp³-hybridized carbons (Fsp3) is 0.571. The Morgan fingerprint density at radius 3 is 2.44 bits per heavy atom. The van der Waals surface area contributed by atoms with Crippen LogP contribution in [0, 0.1) is 18.8 Å². The number of carbonyl (C=O) groups excluding carboxylic acids is 3. The lowest BCUT2D eigenvalue weighted by molar-refractivity contribution is -0.156. The van der Waals surface area contributed by atoms with Crippen molar-refractivity contribution in [3.63, 3.8) is 0 Å². The molecule has 45 heavy (non-hydrogen) atoms. The van der Waals surface area contributed by atoms with Crippen LogP contribution < -0.4 is 0 Å². The molecule has 3 rings (SSSR count). The van der Waals surface area contributed by atoms with Gasteiger partial charge in [0.1, 0.15) is 18.5 Å². The van der Waals surface area contributed by atoms with Crippen LogP contribution in [0.5, 0.6) is 0 Å². The summed E-state index contributed by atoms with van der Waals surface area (Å²) in [6.07, 6.45) is 10.4. The van der Waals surface area contributed by atoms with Crippen LogP contribution >= 0.6 is 0 Å². The number of hydrogen-bond donors (Lipinski definition) is 0. The summed E-state index contributed by atoms with van der Waals surface area (Å²) in [6.45, 7) is 13.8. The second-order valence-electron chi connectivity index (χ2n) is 12.8. The predicted molar refractivity (Wildman–Crippen MR) is 172 cm³/mol. The van der Waals surface area contributed by atoms with Crippen molar-refractivity contribution in [2.45, 2.75) is 105 Å². The lowest BCUT2D eigenvalue weighted by Gasteiger charge is -2.25. The quantitative estimate of drug-likeness (QED) is 0.102. The summed E-state index contributed by atoms with van der Waals surface area (Å²) in [7, 11) is 1.91. The van der Waals surface area contributed by atoms with Gasteiger partial charge in [-0.05, 0) is 63.6 Å². The summed E-state index contributed by atoms with van der Waals surface area (Å²) < 4.78 is 20.3. The minimum atomic E-state index is -0.608. The van der Waals surface area contributed by atoms with Crippen molar-refractivity contribution in [3.8, 4) is 0 Å². The minimum Gasteiger partial charge on any atom is -0.465 e. The molecule has 0 unspecified atom stereocenters. The maximum absolute atomic E-state index is 13.5. The fourth-order valence-electron chi connectivity index (χ4n) is 5.37. The Balaban J connectivity index is 1.71. The third-order valence-electron chi connectivity index (χ3n) is 8.12. The molecular formula is C35H50N4O6. The molecule has 0 N–H and O–H groups in total. The molecule has 0 bridgehead atoms. The predicted octanol–water partition coefficient (Wildman–Crippen LogP) is 6.91. The van der Waals surface area contributed by atoms with Crippen molar-refractivity contribution in [2.75, 3.05) is 6.61 Å². The van der Waals surface area contributed by atoms with E-state index in [4.69, 9.17) is 14.2 Å². The number of nitrogens with zero attached hydrogens (tertiary/aromatic N) is 4. The van der Waals surface area contributed by atoms with E-state index < -0.39 is 17.6 Å². The molecule has 0 radical (unpaired) electrons.